The van der Waals surface area contributed by atoms with Crippen LogP contribution in [0.3, 0.4) is 0 Å². The molecule has 2 fully saturated rings. The highest BCUT2D eigenvalue weighted by atomic mass is 32.2. The van der Waals surface area contributed by atoms with Crippen LogP contribution in [-0.2, 0) is 14.8 Å². The first kappa shape index (κ1) is 19.3. The molecule has 3 rings (SSSR count). The fourth-order valence-corrected chi connectivity index (χ4v) is 5.07. The Morgan fingerprint density at radius 3 is 2.54 bits per heavy atom. The van der Waals surface area contributed by atoms with Crippen molar-refractivity contribution in [2.24, 2.45) is 5.92 Å². The number of hydrogen-bond donors (Lipinski definition) is 1. The zero-order valence-corrected chi connectivity index (χ0v) is 16.0. The summed E-state index contributed by atoms with van der Waals surface area (Å²) >= 11 is 0. The van der Waals surface area contributed by atoms with E-state index in [2.05, 4.69) is 10.3 Å². The second kappa shape index (κ2) is 8.92. The molecule has 0 aromatic carbocycles. The van der Waals surface area contributed by atoms with Gasteiger partial charge in [0.25, 0.3) is 0 Å². The van der Waals surface area contributed by atoms with Crippen LogP contribution in [0.4, 0.5) is 0 Å². The van der Waals surface area contributed by atoms with Gasteiger partial charge in [-0.15, -0.1) is 0 Å². The number of pyridine rings is 1. The molecule has 1 aromatic rings. The first-order chi connectivity index (χ1) is 12.6. The number of carbonyl (C=O) groups is 1. The zero-order valence-electron chi connectivity index (χ0n) is 15.1. The standard InChI is InChI=1S/C18H28N4O3S/c23-18(20-13-16-5-2-1-3-6-16)15-21-9-11-22(12-10-21)26(24,25)17-7-4-8-19-14-17/h4,7-8,14,16H,1-3,5-6,9-13,15H2,(H,20,23). The van der Waals surface area contributed by atoms with Crippen molar-refractivity contribution in [1.82, 2.24) is 19.5 Å². The molecule has 1 N–H and O–H groups in total. The van der Waals surface area contributed by atoms with Crippen molar-refractivity contribution in [3.8, 4) is 0 Å². The van der Waals surface area contributed by atoms with Crippen LogP contribution in [0.15, 0.2) is 29.4 Å². The minimum atomic E-state index is -3.50. The van der Waals surface area contributed by atoms with Gasteiger partial charge in [0.15, 0.2) is 0 Å². The molecule has 0 unspecified atom stereocenters. The lowest BCUT2D eigenvalue weighted by Crippen LogP contribution is -2.51. The molecule has 0 spiro atoms. The lowest BCUT2D eigenvalue weighted by Gasteiger charge is -2.33. The summed E-state index contributed by atoms with van der Waals surface area (Å²) in [5.41, 5.74) is 0. The number of sulfonamides is 1. The number of amides is 1. The Balaban J connectivity index is 1.42. The minimum absolute atomic E-state index is 0.0409. The van der Waals surface area contributed by atoms with Gasteiger partial charge < -0.3 is 5.32 Å². The van der Waals surface area contributed by atoms with E-state index in [1.807, 2.05) is 4.90 Å². The van der Waals surface area contributed by atoms with E-state index in [-0.39, 0.29) is 10.8 Å². The number of aromatic nitrogens is 1. The van der Waals surface area contributed by atoms with Crippen molar-refractivity contribution >= 4 is 15.9 Å². The number of nitrogens with one attached hydrogen (secondary N) is 1. The Morgan fingerprint density at radius 2 is 1.88 bits per heavy atom. The van der Waals surface area contributed by atoms with E-state index in [4.69, 9.17) is 0 Å². The van der Waals surface area contributed by atoms with Crippen molar-refractivity contribution in [2.75, 3.05) is 39.3 Å². The third-order valence-electron chi connectivity index (χ3n) is 5.28. The average molecular weight is 381 g/mol. The number of carbonyl (C=O) groups excluding carboxylic acids is 1. The lowest BCUT2D eigenvalue weighted by atomic mass is 9.89. The van der Waals surface area contributed by atoms with E-state index in [0.29, 0.717) is 38.6 Å². The second-order valence-electron chi connectivity index (χ2n) is 7.18. The molecule has 1 saturated carbocycles. The van der Waals surface area contributed by atoms with Crippen molar-refractivity contribution in [3.63, 3.8) is 0 Å². The first-order valence-electron chi connectivity index (χ1n) is 9.45. The predicted molar refractivity (Wildman–Crippen MR) is 99.0 cm³/mol. The predicted octanol–water partition coefficient (Wildman–Crippen LogP) is 1.08. The molecule has 8 heteroatoms. The number of rotatable bonds is 6. The van der Waals surface area contributed by atoms with E-state index in [9.17, 15) is 13.2 Å². The van der Waals surface area contributed by atoms with E-state index in [1.165, 1.54) is 42.6 Å². The van der Waals surface area contributed by atoms with Crippen LogP contribution in [0.5, 0.6) is 0 Å². The molecule has 1 amide bonds. The Bertz CT molecular complexity index is 682. The topological polar surface area (TPSA) is 82.6 Å². The molecule has 0 bridgehead atoms. The maximum atomic E-state index is 12.6. The molecule has 1 aliphatic heterocycles. The molecule has 0 radical (unpaired) electrons. The van der Waals surface area contributed by atoms with Crippen LogP contribution >= 0.6 is 0 Å². The Morgan fingerprint density at radius 1 is 1.15 bits per heavy atom. The number of hydrogen-bond acceptors (Lipinski definition) is 5. The van der Waals surface area contributed by atoms with Gasteiger partial charge in [-0.1, -0.05) is 19.3 Å². The fourth-order valence-electron chi connectivity index (χ4n) is 3.69. The highest BCUT2D eigenvalue weighted by molar-refractivity contribution is 7.89. The summed E-state index contributed by atoms with van der Waals surface area (Å²) in [5, 5.41) is 3.05. The molecular formula is C18H28N4O3S. The van der Waals surface area contributed by atoms with Gasteiger partial charge >= 0.3 is 0 Å². The zero-order chi connectivity index (χ0) is 18.4. The monoisotopic (exact) mass is 380 g/mol. The summed E-state index contributed by atoms with van der Waals surface area (Å²) in [6.07, 6.45) is 9.22. The second-order valence-corrected chi connectivity index (χ2v) is 9.12. The van der Waals surface area contributed by atoms with Crippen LogP contribution in [0.1, 0.15) is 32.1 Å². The normalized spacial score (nSPS) is 20.8. The summed E-state index contributed by atoms with van der Waals surface area (Å²) < 4.78 is 26.6. The smallest absolute Gasteiger partial charge is 0.244 e. The molecule has 1 aromatic heterocycles. The third-order valence-corrected chi connectivity index (χ3v) is 7.17. The van der Waals surface area contributed by atoms with Crippen molar-refractivity contribution in [3.05, 3.63) is 24.5 Å². The molecule has 144 valence electrons. The summed E-state index contributed by atoms with van der Waals surface area (Å²) in [6, 6.07) is 3.19. The van der Waals surface area contributed by atoms with Gasteiger partial charge in [0.2, 0.25) is 15.9 Å². The van der Waals surface area contributed by atoms with Gasteiger partial charge in [-0.2, -0.15) is 4.31 Å². The Kier molecular flexibility index (Phi) is 6.61. The summed E-state index contributed by atoms with van der Waals surface area (Å²) in [6.45, 7) is 3.04. The quantitative estimate of drug-likeness (QED) is 0.799. The fraction of sp³-hybridized carbons (Fsp3) is 0.667. The number of piperazine rings is 1. The average Bonchev–Trinajstić information content (AvgIpc) is 2.68. The maximum Gasteiger partial charge on any atom is 0.244 e. The Hall–Kier alpha value is -1.51. The minimum Gasteiger partial charge on any atom is -0.355 e. The van der Waals surface area contributed by atoms with Crippen LogP contribution in [0.25, 0.3) is 0 Å². The molecule has 1 saturated heterocycles. The summed E-state index contributed by atoms with van der Waals surface area (Å²) in [5.74, 6) is 0.660. The third kappa shape index (κ3) is 5.02. The van der Waals surface area contributed by atoms with Crippen molar-refractivity contribution < 1.29 is 13.2 Å². The number of nitrogens with zero attached hydrogens (tertiary/aromatic N) is 3. The molecule has 7 nitrogen and oxygen atoms in total. The van der Waals surface area contributed by atoms with Crippen molar-refractivity contribution in [2.45, 2.75) is 37.0 Å². The van der Waals surface area contributed by atoms with Crippen LogP contribution in [0.2, 0.25) is 0 Å². The van der Waals surface area contributed by atoms with Gasteiger partial charge in [0.1, 0.15) is 4.90 Å². The van der Waals surface area contributed by atoms with Gasteiger partial charge in [-0.3, -0.25) is 14.7 Å². The van der Waals surface area contributed by atoms with Gasteiger partial charge in [-0.05, 0) is 30.9 Å². The highest BCUT2D eigenvalue weighted by Gasteiger charge is 2.29. The van der Waals surface area contributed by atoms with Crippen LogP contribution in [0, 0.1) is 5.92 Å². The molecular weight excluding hydrogens is 352 g/mol. The molecule has 1 aliphatic carbocycles. The van der Waals surface area contributed by atoms with Gasteiger partial charge in [-0.25, -0.2) is 8.42 Å². The molecule has 2 heterocycles. The molecule has 26 heavy (non-hydrogen) atoms. The van der Waals surface area contributed by atoms with Crippen LogP contribution in [-0.4, -0.2) is 67.8 Å². The molecule has 0 atom stereocenters. The lowest BCUT2D eigenvalue weighted by molar-refractivity contribution is -0.122. The van der Waals surface area contributed by atoms with E-state index in [0.717, 1.165) is 6.54 Å². The largest absolute Gasteiger partial charge is 0.355 e. The summed E-state index contributed by atoms with van der Waals surface area (Å²) in [7, 11) is -3.50. The van der Waals surface area contributed by atoms with E-state index < -0.39 is 10.0 Å². The highest BCUT2D eigenvalue weighted by Crippen LogP contribution is 2.22. The molecule has 2 aliphatic rings. The SMILES string of the molecule is O=C(CN1CCN(S(=O)(=O)c2cccnc2)CC1)NCC1CCCCC1. The van der Waals surface area contributed by atoms with Gasteiger partial charge in [0.05, 0.1) is 6.54 Å². The van der Waals surface area contributed by atoms with Crippen LogP contribution < -0.4 is 5.32 Å². The van der Waals surface area contributed by atoms with E-state index in [1.54, 1.807) is 18.3 Å². The Labute approximate surface area is 155 Å². The van der Waals surface area contributed by atoms with Gasteiger partial charge in [0, 0.05) is 45.1 Å². The van der Waals surface area contributed by atoms with E-state index >= 15 is 0 Å². The van der Waals surface area contributed by atoms with Crippen molar-refractivity contribution in [1.29, 1.82) is 0 Å². The summed E-state index contributed by atoms with van der Waals surface area (Å²) in [4.78, 5) is 18.3. The first-order valence-corrected chi connectivity index (χ1v) is 10.9. The maximum absolute atomic E-state index is 12.6.